The van der Waals surface area contributed by atoms with E-state index in [1.54, 1.807) is 36.3 Å². The summed E-state index contributed by atoms with van der Waals surface area (Å²) in [6.07, 6.45) is 0.605. The molecule has 1 fully saturated rings. The highest BCUT2D eigenvalue weighted by molar-refractivity contribution is 6.04. The van der Waals surface area contributed by atoms with Crippen LogP contribution in [0, 0.1) is 13.8 Å². The lowest BCUT2D eigenvalue weighted by Crippen LogP contribution is -2.41. The number of carbonyl (C=O) groups is 2. The van der Waals surface area contributed by atoms with Crippen LogP contribution in [-0.4, -0.2) is 31.5 Å². The number of nitrogens with zero attached hydrogens (tertiary/aromatic N) is 1. The summed E-state index contributed by atoms with van der Waals surface area (Å²) in [6, 6.07) is 12.3. The quantitative estimate of drug-likeness (QED) is 0.932. The van der Waals surface area contributed by atoms with Crippen LogP contribution in [0.2, 0.25) is 0 Å². The Labute approximate surface area is 147 Å². The molecule has 1 heterocycles. The molecule has 0 aliphatic carbocycles. The second kappa shape index (κ2) is 6.97. The topological polar surface area (TPSA) is 58.6 Å². The minimum absolute atomic E-state index is 0.0647. The zero-order valence-electron chi connectivity index (χ0n) is 14.7. The van der Waals surface area contributed by atoms with Crippen LogP contribution in [0.5, 0.6) is 5.75 Å². The Bertz CT molecular complexity index is 799. The summed E-state index contributed by atoms with van der Waals surface area (Å²) in [4.78, 5) is 26.8. The van der Waals surface area contributed by atoms with Crippen molar-refractivity contribution in [2.45, 2.75) is 26.3 Å². The van der Waals surface area contributed by atoms with Gasteiger partial charge < -0.3 is 15.0 Å². The Kier molecular flexibility index (Phi) is 4.74. The van der Waals surface area contributed by atoms with E-state index in [0.717, 1.165) is 11.3 Å². The Morgan fingerprint density at radius 2 is 1.84 bits per heavy atom. The molecule has 1 aliphatic rings. The van der Waals surface area contributed by atoms with Crippen molar-refractivity contribution in [2.24, 2.45) is 0 Å². The summed E-state index contributed by atoms with van der Waals surface area (Å²) < 4.78 is 5.09. The van der Waals surface area contributed by atoms with Crippen LogP contribution < -0.4 is 15.0 Å². The summed E-state index contributed by atoms with van der Waals surface area (Å²) >= 11 is 0. The van der Waals surface area contributed by atoms with Crippen LogP contribution in [0.25, 0.3) is 0 Å². The number of anilines is 1. The van der Waals surface area contributed by atoms with Crippen molar-refractivity contribution < 1.29 is 14.3 Å². The van der Waals surface area contributed by atoms with Crippen molar-refractivity contribution >= 4 is 17.5 Å². The van der Waals surface area contributed by atoms with Crippen molar-refractivity contribution in [3.8, 4) is 5.75 Å². The van der Waals surface area contributed by atoms with Crippen molar-refractivity contribution in [3.63, 3.8) is 0 Å². The van der Waals surface area contributed by atoms with Crippen molar-refractivity contribution in [1.82, 2.24) is 5.32 Å². The lowest BCUT2D eigenvalue weighted by Gasteiger charge is -2.18. The van der Waals surface area contributed by atoms with Gasteiger partial charge in [-0.3, -0.25) is 9.59 Å². The van der Waals surface area contributed by atoms with Crippen LogP contribution in [0.15, 0.2) is 42.5 Å². The molecule has 0 unspecified atom stereocenters. The number of carbonyl (C=O) groups excluding carboxylic acids is 2. The summed E-state index contributed by atoms with van der Waals surface area (Å²) in [6.45, 7) is 4.68. The average molecular weight is 338 g/mol. The molecule has 25 heavy (non-hydrogen) atoms. The lowest BCUT2D eigenvalue weighted by atomic mass is 10.1. The van der Waals surface area contributed by atoms with Gasteiger partial charge in [0, 0.05) is 17.8 Å². The molecule has 1 N–H and O–H groups in total. The Balaban J connectivity index is 1.68. The largest absolute Gasteiger partial charge is 0.497 e. The zero-order valence-corrected chi connectivity index (χ0v) is 14.7. The number of benzene rings is 2. The highest BCUT2D eigenvalue weighted by Crippen LogP contribution is 2.24. The number of hydrogen-bond donors (Lipinski definition) is 1. The second-order valence-electron chi connectivity index (χ2n) is 6.30. The van der Waals surface area contributed by atoms with Gasteiger partial charge in [0.2, 0.25) is 5.91 Å². The molecule has 0 radical (unpaired) electrons. The molecule has 130 valence electrons. The van der Waals surface area contributed by atoms with Gasteiger partial charge in [0.25, 0.3) is 5.91 Å². The van der Waals surface area contributed by atoms with E-state index >= 15 is 0 Å². The molecular weight excluding hydrogens is 316 g/mol. The molecule has 3 rings (SSSR count). The standard InChI is InChI=1S/C20H22N2O3/c1-13-4-7-16(12-14(13)2)22-11-10-18(20(22)24)21-19(23)15-5-8-17(25-3)9-6-15/h4-9,12,18H,10-11H2,1-3H3,(H,21,23)/t18-/m1/s1. The number of nitrogens with one attached hydrogen (secondary N) is 1. The fourth-order valence-corrected chi connectivity index (χ4v) is 2.95. The minimum atomic E-state index is -0.490. The van der Waals surface area contributed by atoms with E-state index < -0.39 is 6.04 Å². The van der Waals surface area contributed by atoms with Gasteiger partial charge in [-0.1, -0.05) is 6.07 Å². The van der Waals surface area contributed by atoms with E-state index in [1.165, 1.54) is 5.56 Å². The molecule has 0 saturated carbocycles. The van der Waals surface area contributed by atoms with Gasteiger partial charge in [0.15, 0.2) is 0 Å². The van der Waals surface area contributed by atoms with E-state index in [2.05, 4.69) is 5.32 Å². The van der Waals surface area contributed by atoms with Gasteiger partial charge in [0.05, 0.1) is 7.11 Å². The minimum Gasteiger partial charge on any atom is -0.497 e. The van der Waals surface area contributed by atoms with Gasteiger partial charge in [0.1, 0.15) is 11.8 Å². The van der Waals surface area contributed by atoms with Crippen molar-refractivity contribution in [2.75, 3.05) is 18.6 Å². The molecule has 2 aromatic rings. The Hall–Kier alpha value is -2.82. The van der Waals surface area contributed by atoms with Crippen LogP contribution >= 0.6 is 0 Å². The molecule has 2 aromatic carbocycles. The molecule has 1 atom stereocenters. The fourth-order valence-electron chi connectivity index (χ4n) is 2.95. The van der Waals surface area contributed by atoms with Crippen molar-refractivity contribution in [3.05, 3.63) is 59.2 Å². The van der Waals surface area contributed by atoms with E-state index in [4.69, 9.17) is 4.74 Å². The predicted octanol–water partition coefficient (Wildman–Crippen LogP) is 2.85. The third-order valence-electron chi connectivity index (χ3n) is 4.67. The lowest BCUT2D eigenvalue weighted by molar-refractivity contribution is -0.118. The third-order valence-corrected chi connectivity index (χ3v) is 4.67. The van der Waals surface area contributed by atoms with Gasteiger partial charge in [-0.25, -0.2) is 0 Å². The first-order valence-corrected chi connectivity index (χ1v) is 8.33. The normalized spacial score (nSPS) is 16.8. The van der Waals surface area contributed by atoms with Crippen LogP contribution in [0.4, 0.5) is 5.69 Å². The molecule has 0 aromatic heterocycles. The maximum atomic E-state index is 12.7. The van der Waals surface area contributed by atoms with Gasteiger partial charge in [-0.2, -0.15) is 0 Å². The summed E-state index contributed by atoms with van der Waals surface area (Å²) in [5, 5.41) is 2.84. The van der Waals surface area contributed by atoms with E-state index in [1.807, 2.05) is 32.0 Å². The van der Waals surface area contributed by atoms with Gasteiger partial charge in [-0.15, -0.1) is 0 Å². The molecule has 0 spiro atoms. The first-order chi connectivity index (χ1) is 12.0. The van der Waals surface area contributed by atoms with E-state index in [9.17, 15) is 9.59 Å². The predicted molar refractivity (Wildman–Crippen MR) is 97.1 cm³/mol. The van der Waals surface area contributed by atoms with E-state index in [0.29, 0.717) is 24.3 Å². The number of aryl methyl sites for hydroxylation is 2. The van der Waals surface area contributed by atoms with Crippen molar-refractivity contribution in [1.29, 1.82) is 0 Å². The molecule has 1 saturated heterocycles. The molecule has 5 heteroatoms. The first kappa shape index (κ1) is 17.0. The molecule has 5 nitrogen and oxygen atoms in total. The van der Waals surface area contributed by atoms with E-state index in [-0.39, 0.29) is 11.8 Å². The number of methoxy groups -OCH3 is 1. The monoisotopic (exact) mass is 338 g/mol. The number of ether oxygens (including phenoxy) is 1. The molecule has 2 amide bonds. The van der Waals surface area contributed by atoms with Gasteiger partial charge in [-0.05, 0) is 67.8 Å². The maximum absolute atomic E-state index is 12.7. The highest BCUT2D eigenvalue weighted by Gasteiger charge is 2.33. The Morgan fingerprint density at radius 1 is 1.12 bits per heavy atom. The number of hydrogen-bond acceptors (Lipinski definition) is 3. The molecular formula is C20H22N2O3. The summed E-state index contributed by atoms with van der Waals surface area (Å²) in [5.74, 6) is 0.377. The van der Waals surface area contributed by atoms with Gasteiger partial charge >= 0.3 is 0 Å². The third kappa shape index (κ3) is 3.50. The SMILES string of the molecule is COc1ccc(C(=O)N[C@@H]2CCN(c3ccc(C)c(C)c3)C2=O)cc1. The molecule has 0 bridgehead atoms. The molecule has 1 aliphatic heterocycles. The average Bonchev–Trinajstić information content (AvgIpc) is 2.98. The summed E-state index contributed by atoms with van der Waals surface area (Å²) in [5.41, 5.74) is 3.74. The Morgan fingerprint density at radius 3 is 2.48 bits per heavy atom. The fraction of sp³-hybridized carbons (Fsp3) is 0.300. The smallest absolute Gasteiger partial charge is 0.251 e. The first-order valence-electron chi connectivity index (χ1n) is 8.33. The number of rotatable bonds is 4. The number of amides is 2. The second-order valence-corrected chi connectivity index (χ2v) is 6.30. The maximum Gasteiger partial charge on any atom is 0.251 e. The zero-order chi connectivity index (χ0) is 18.0. The summed E-state index contributed by atoms with van der Waals surface area (Å²) in [7, 11) is 1.58. The van der Waals surface area contributed by atoms with Crippen LogP contribution in [0.1, 0.15) is 27.9 Å². The van der Waals surface area contributed by atoms with Crippen LogP contribution in [0.3, 0.4) is 0 Å². The highest BCUT2D eigenvalue weighted by atomic mass is 16.5. The van der Waals surface area contributed by atoms with Crippen LogP contribution in [-0.2, 0) is 4.79 Å².